The number of H-pyrrole nitrogens is 1. The molecule has 1 amide bonds. The SMILES string of the molecule is Nc1c(N(CCCO)C(=O)c2ccccc2)c(=O)[nH]c(=O)n1Cc1ccccc1. The van der Waals surface area contributed by atoms with E-state index in [0.717, 1.165) is 5.56 Å². The first-order valence-electron chi connectivity index (χ1n) is 9.17. The highest BCUT2D eigenvalue weighted by molar-refractivity contribution is 6.07. The number of hydrogen-bond acceptors (Lipinski definition) is 5. The van der Waals surface area contributed by atoms with E-state index in [2.05, 4.69) is 4.98 Å². The maximum absolute atomic E-state index is 13.1. The first-order valence-corrected chi connectivity index (χ1v) is 9.17. The van der Waals surface area contributed by atoms with Crippen LogP contribution in [0.1, 0.15) is 22.3 Å². The summed E-state index contributed by atoms with van der Waals surface area (Å²) < 4.78 is 1.22. The van der Waals surface area contributed by atoms with Gasteiger partial charge < -0.3 is 15.7 Å². The minimum atomic E-state index is -0.751. The third-order valence-electron chi connectivity index (χ3n) is 4.47. The van der Waals surface area contributed by atoms with Crippen LogP contribution in [0.4, 0.5) is 11.5 Å². The van der Waals surface area contributed by atoms with Crippen molar-refractivity contribution >= 4 is 17.4 Å². The van der Waals surface area contributed by atoms with Gasteiger partial charge in [-0.25, -0.2) is 4.79 Å². The molecule has 0 bridgehead atoms. The lowest BCUT2D eigenvalue weighted by molar-refractivity contribution is 0.0985. The molecule has 3 aromatic rings. The van der Waals surface area contributed by atoms with E-state index in [1.165, 1.54) is 9.47 Å². The number of nitrogens with one attached hydrogen (secondary N) is 1. The highest BCUT2D eigenvalue weighted by atomic mass is 16.3. The standard InChI is InChI=1S/C21H22N4O4/c22-18-17(24(12-7-13-26)20(28)16-10-5-2-6-11-16)19(27)23-21(29)25(18)14-15-8-3-1-4-9-15/h1-6,8-11,26H,7,12-14,22H2,(H,23,27,29). The Kier molecular flexibility index (Phi) is 6.25. The number of benzene rings is 2. The summed E-state index contributed by atoms with van der Waals surface area (Å²) >= 11 is 0. The van der Waals surface area contributed by atoms with Gasteiger partial charge in [-0.15, -0.1) is 0 Å². The number of nitrogen functional groups attached to an aromatic ring is 1. The molecular formula is C21H22N4O4. The van der Waals surface area contributed by atoms with Crippen LogP contribution in [0.15, 0.2) is 70.3 Å². The molecule has 0 aliphatic heterocycles. The first kappa shape index (κ1) is 20.1. The van der Waals surface area contributed by atoms with Crippen molar-refractivity contribution in [2.75, 3.05) is 23.8 Å². The fraction of sp³-hybridized carbons (Fsp3) is 0.190. The lowest BCUT2D eigenvalue weighted by Gasteiger charge is -2.24. The molecule has 0 spiro atoms. The molecule has 1 aromatic heterocycles. The number of nitrogens with two attached hydrogens (primary N) is 1. The minimum absolute atomic E-state index is 0.0705. The second kappa shape index (κ2) is 9.03. The van der Waals surface area contributed by atoms with Crippen LogP contribution >= 0.6 is 0 Å². The average molecular weight is 394 g/mol. The monoisotopic (exact) mass is 394 g/mol. The number of anilines is 2. The molecule has 0 aliphatic rings. The number of aliphatic hydroxyl groups is 1. The number of amides is 1. The predicted octanol–water partition coefficient (Wildman–Crippen LogP) is 1.20. The van der Waals surface area contributed by atoms with Crippen LogP contribution in [-0.2, 0) is 6.54 Å². The molecule has 0 unspecified atom stereocenters. The van der Waals surface area contributed by atoms with Gasteiger partial charge in [0.25, 0.3) is 11.5 Å². The summed E-state index contributed by atoms with van der Waals surface area (Å²) in [5.41, 5.74) is 5.87. The van der Waals surface area contributed by atoms with Crippen molar-refractivity contribution in [3.05, 3.63) is 92.6 Å². The zero-order valence-corrected chi connectivity index (χ0v) is 15.7. The summed E-state index contributed by atoms with van der Waals surface area (Å²) in [6, 6.07) is 17.6. The molecule has 8 nitrogen and oxygen atoms in total. The summed E-state index contributed by atoms with van der Waals surface area (Å²) in [5.74, 6) is -0.550. The van der Waals surface area contributed by atoms with Gasteiger partial charge in [-0.2, -0.15) is 0 Å². The number of rotatable bonds is 7. The molecule has 0 fully saturated rings. The van der Waals surface area contributed by atoms with Crippen LogP contribution in [0.25, 0.3) is 0 Å². The Bertz CT molecular complexity index is 1090. The molecule has 0 saturated heterocycles. The van der Waals surface area contributed by atoms with E-state index in [1.54, 1.807) is 30.3 Å². The Balaban J connectivity index is 2.10. The Hall–Kier alpha value is -3.65. The molecular weight excluding hydrogens is 372 g/mol. The second-order valence-corrected chi connectivity index (χ2v) is 6.46. The largest absolute Gasteiger partial charge is 0.396 e. The summed E-state index contributed by atoms with van der Waals surface area (Å²) in [4.78, 5) is 41.5. The number of carbonyl (C=O) groups excluding carboxylic acids is 1. The van der Waals surface area contributed by atoms with E-state index in [9.17, 15) is 19.5 Å². The highest BCUT2D eigenvalue weighted by Crippen LogP contribution is 2.20. The predicted molar refractivity (Wildman–Crippen MR) is 111 cm³/mol. The molecule has 0 saturated carbocycles. The van der Waals surface area contributed by atoms with Crippen molar-refractivity contribution in [2.24, 2.45) is 0 Å². The molecule has 8 heteroatoms. The number of aromatic amines is 1. The summed E-state index contributed by atoms with van der Waals surface area (Å²) in [6.07, 6.45) is 0.245. The molecule has 1 heterocycles. The smallest absolute Gasteiger partial charge is 0.330 e. The topological polar surface area (TPSA) is 121 Å². The fourth-order valence-corrected chi connectivity index (χ4v) is 3.04. The summed E-state index contributed by atoms with van der Waals surface area (Å²) in [5, 5.41) is 9.24. The average Bonchev–Trinajstić information content (AvgIpc) is 2.74. The van der Waals surface area contributed by atoms with Gasteiger partial charge in [0.1, 0.15) is 5.82 Å². The van der Waals surface area contributed by atoms with Crippen LogP contribution in [0.5, 0.6) is 0 Å². The second-order valence-electron chi connectivity index (χ2n) is 6.46. The number of aliphatic hydroxyl groups excluding tert-OH is 1. The third-order valence-corrected chi connectivity index (χ3v) is 4.47. The zero-order valence-electron chi connectivity index (χ0n) is 15.7. The maximum Gasteiger partial charge on any atom is 0.330 e. The van der Waals surface area contributed by atoms with Crippen molar-refractivity contribution in [2.45, 2.75) is 13.0 Å². The Morgan fingerprint density at radius 3 is 2.28 bits per heavy atom. The molecule has 4 N–H and O–H groups in total. The van der Waals surface area contributed by atoms with Gasteiger partial charge in [0.2, 0.25) is 0 Å². The van der Waals surface area contributed by atoms with E-state index in [1.807, 2.05) is 30.3 Å². The van der Waals surface area contributed by atoms with Gasteiger partial charge in [-0.1, -0.05) is 48.5 Å². The lowest BCUT2D eigenvalue weighted by Crippen LogP contribution is -2.42. The van der Waals surface area contributed by atoms with E-state index in [0.29, 0.717) is 5.56 Å². The van der Waals surface area contributed by atoms with Gasteiger partial charge >= 0.3 is 5.69 Å². The minimum Gasteiger partial charge on any atom is -0.396 e. The van der Waals surface area contributed by atoms with Gasteiger partial charge in [-0.3, -0.25) is 19.1 Å². The van der Waals surface area contributed by atoms with Crippen LogP contribution < -0.4 is 21.9 Å². The van der Waals surface area contributed by atoms with Crippen LogP contribution in [-0.4, -0.2) is 33.7 Å². The van der Waals surface area contributed by atoms with Crippen LogP contribution in [0.3, 0.4) is 0 Å². The fourth-order valence-electron chi connectivity index (χ4n) is 3.04. The Labute approximate surface area is 166 Å². The van der Waals surface area contributed by atoms with E-state index in [-0.39, 0.29) is 37.6 Å². The molecule has 0 radical (unpaired) electrons. The van der Waals surface area contributed by atoms with E-state index < -0.39 is 17.2 Å². The summed E-state index contributed by atoms with van der Waals surface area (Å²) in [6.45, 7) is 0.0454. The van der Waals surface area contributed by atoms with Crippen molar-refractivity contribution < 1.29 is 9.90 Å². The highest BCUT2D eigenvalue weighted by Gasteiger charge is 2.25. The molecule has 2 aromatic carbocycles. The molecule has 150 valence electrons. The van der Waals surface area contributed by atoms with E-state index in [4.69, 9.17) is 5.73 Å². The van der Waals surface area contributed by atoms with Crippen molar-refractivity contribution in [3.63, 3.8) is 0 Å². The Morgan fingerprint density at radius 1 is 1.03 bits per heavy atom. The van der Waals surface area contributed by atoms with Gasteiger partial charge in [0.15, 0.2) is 5.69 Å². The van der Waals surface area contributed by atoms with Gasteiger partial charge in [-0.05, 0) is 24.1 Å². The third kappa shape index (κ3) is 4.44. The van der Waals surface area contributed by atoms with Crippen molar-refractivity contribution in [1.82, 2.24) is 9.55 Å². The van der Waals surface area contributed by atoms with E-state index >= 15 is 0 Å². The molecule has 0 atom stereocenters. The lowest BCUT2D eigenvalue weighted by atomic mass is 10.2. The first-order chi connectivity index (χ1) is 14.0. The zero-order chi connectivity index (χ0) is 20.8. The number of hydrogen-bond donors (Lipinski definition) is 3. The number of carbonyl (C=O) groups is 1. The normalized spacial score (nSPS) is 10.7. The Morgan fingerprint density at radius 2 is 1.66 bits per heavy atom. The van der Waals surface area contributed by atoms with Gasteiger partial charge in [0, 0.05) is 18.7 Å². The number of nitrogens with zero attached hydrogens (tertiary/aromatic N) is 2. The molecule has 0 aliphatic carbocycles. The molecule has 3 rings (SSSR count). The van der Waals surface area contributed by atoms with Crippen LogP contribution in [0, 0.1) is 0 Å². The van der Waals surface area contributed by atoms with Crippen molar-refractivity contribution in [1.29, 1.82) is 0 Å². The maximum atomic E-state index is 13.1. The number of aromatic nitrogens is 2. The van der Waals surface area contributed by atoms with Crippen molar-refractivity contribution in [3.8, 4) is 0 Å². The quantitative estimate of drug-likeness (QED) is 0.556. The summed E-state index contributed by atoms with van der Waals surface area (Å²) in [7, 11) is 0. The van der Waals surface area contributed by atoms with Crippen LogP contribution in [0.2, 0.25) is 0 Å². The molecule has 29 heavy (non-hydrogen) atoms. The van der Waals surface area contributed by atoms with Gasteiger partial charge in [0.05, 0.1) is 6.54 Å².